The van der Waals surface area contributed by atoms with E-state index in [9.17, 15) is 14.9 Å². The molecule has 1 N–H and O–H groups in total. The average Bonchev–Trinajstić information content (AvgIpc) is 2.98. The lowest BCUT2D eigenvalue weighted by molar-refractivity contribution is -0.0907. The van der Waals surface area contributed by atoms with Crippen molar-refractivity contribution >= 4 is 16.9 Å². The van der Waals surface area contributed by atoms with Crippen LogP contribution in [-0.2, 0) is 24.9 Å². The van der Waals surface area contributed by atoms with E-state index in [1.807, 2.05) is 0 Å². The molecule has 234 valence electrons. The molecule has 6 bridgehead atoms. The standard InChI is InChI=1S/C33H39F3N6O2/c1-20-8-4-5-15-42-29-24(18-26(30(43)40(29)3)32(19-37)13-7-14-32)28(39-31(42)44)38-21(2)23-9-6-10-25(27(23)34)33(35,36)22-11-16-41(20)17-12-22/h6,9-10,18,20-22H,4-5,7-8,11-17H2,1-3H3,(H,38,39,44)/t20?,21-/m1/s1. The summed E-state index contributed by atoms with van der Waals surface area (Å²) in [6.45, 7) is 5.10. The van der Waals surface area contributed by atoms with E-state index in [4.69, 9.17) is 0 Å². The minimum atomic E-state index is -3.34. The summed E-state index contributed by atoms with van der Waals surface area (Å²) < 4.78 is 50.7. The molecule has 7 heterocycles. The molecule has 0 spiro atoms. The van der Waals surface area contributed by atoms with Gasteiger partial charge in [0.2, 0.25) is 0 Å². The topological polar surface area (TPSA) is 96.0 Å². The smallest absolute Gasteiger partial charge is 0.351 e. The van der Waals surface area contributed by atoms with Gasteiger partial charge in [-0.15, -0.1) is 0 Å². The first kappa shape index (κ1) is 30.4. The van der Waals surface area contributed by atoms with Crippen molar-refractivity contribution in [3.63, 3.8) is 0 Å². The second kappa shape index (κ2) is 11.4. The number of rotatable bonds is 1. The van der Waals surface area contributed by atoms with Gasteiger partial charge < -0.3 is 10.2 Å². The number of benzene rings is 1. The minimum Gasteiger partial charge on any atom is -0.363 e. The third-order valence-corrected chi connectivity index (χ3v) is 10.4. The monoisotopic (exact) mass is 608 g/mol. The first-order valence-corrected chi connectivity index (χ1v) is 15.7. The molecule has 3 aromatic rings. The molecule has 5 aliphatic heterocycles. The number of aryl methyl sites for hydroxylation is 2. The Hall–Kier alpha value is -3.65. The zero-order chi connectivity index (χ0) is 31.4. The zero-order valence-corrected chi connectivity index (χ0v) is 25.5. The Morgan fingerprint density at radius 2 is 1.75 bits per heavy atom. The van der Waals surface area contributed by atoms with E-state index in [1.165, 1.54) is 27.3 Å². The lowest BCUT2D eigenvalue weighted by Gasteiger charge is -2.39. The molecular formula is C33H39F3N6O2. The van der Waals surface area contributed by atoms with Gasteiger partial charge in [-0.05, 0) is 77.9 Å². The van der Waals surface area contributed by atoms with Gasteiger partial charge in [0.15, 0.2) is 0 Å². The van der Waals surface area contributed by atoms with Gasteiger partial charge in [0.1, 0.15) is 17.3 Å². The average molecular weight is 609 g/mol. The summed E-state index contributed by atoms with van der Waals surface area (Å²) in [5.41, 5.74) is -1.72. The number of nitrogens with zero attached hydrogens (tertiary/aromatic N) is 5. The molecule has 1 aromatic carbocycles. The first-order valence-electron chi connectivity index (χ1n) is 15.7. The van der Waals surface area contributed by atoms with Crippen LogP contribution in [0, 0.1) is 23.1 Å². The molecule has 1 saturated heterocycles. The molecule has 0 radical (unpaired) electrons. The van der Waals surface area contributed by atoms with Crippen LogP contribution in [0.3, 0.4) is 0 Å². The van der Waals surface area contributed by atoms with Crippen molar-refractivity contribution in [3.05, 3.63) is 67.6 Å². The van der Waals surface area contributed by atoms with E-state index < -0.39 is 40.4 Å². The van der Waals surface area contributed by atoms with Gasteiger partial charge in [-0.1, -0.05) is 24.6 Å². The number of nitriles is 1. The van der Waals surface area contributed by atoms with Gasteiger partial charge in [0.25, 0.3) is 11.5 Å². The van der Waals surface area contributed by atoms with Gasteiger partial charge >= 0.3 is 5.69 Å². The number of aromatic nitrogens is 3. The summed E-state index contributed by atoms with van der Waals surface area (Å²) >= 11 is 0. The van der Waals surface area contributed by atoms with Crippen LogP contribution in [0.15, 0.2) is 33.9 Å². The number of pyridine rings is 1. The molecule has 2 aromatic heterocycles. The Morgan fingerprint density at radius 1 is 1.02 bits per heavy atom. The normalized spacial score (nSPS) is 26.6. The Morgan fingerprint density at radius 3 is 2.41 bits per heavy atom. The second-order valence-corrected chi connectivity index (χ2v) is 13.0. The lowest BCUT2D eigenvalue weighted by Crippen LogP contribution is -2.43. The highest BCUT2D eigenvalue weighted by Crippen LogP contribution is 2.45. The van der Waals surface area contributed by atoms with Crippen molar-refractivity contribution in [2.45, 2.75) is 95.2 Å². The maximum absolute atomic E-state index is 16.0. The van der Waals surface area contributed by atoms with E-state index in [1.54, 1.807) is 20.0 Å². The quantitative estimate of drug-likeness (QED) is 0.379. The zero-order valence-electron chi connectivity index (χ0n) is 25.5. The number of hydrogen-bond acceptors (Lipinski definition) is 6. The summed E-state index contributed by atoms with van der Waals surface area (Å²) in [7, 11) is 1.59. The van der Waals surface area contributed by atoms with E-state index >= 15 is 13.2 Å². The van der Waals surface area contributed by atoms with Crippen LogP contribution < -0.4 is 16.6 Å². The summed E-state index contributed by atoms with van der Waals surface area (Å²) in [4.78, 5) is 33.7. The Labute approximate surface area is 254 Å². The first-order chi connectivity index (χ1) is 21.0. The Kier molecular flexibility index (Phi) is 7.85. The van der Waals surface area contributed by atoms with Gasteiger partial charge in [-0.3, -0.25) is 13.9 Å². The Bertz CT molecular complexity index is 1750. The molecule has 8 nitrogen and oxygen atoms in total. The molecule has 0 amide bonds. The van der Waals surface area contributed by atoms with Gasteiger partial charge in [-0.25, -0.2) is 18.0 Å². The van der Waals surface area contributed by atoms with Gasteiger partial charge in [0, 0.05) is 36.7 Å². The van der Waals surface area contributed by atoms with E-state index in [-0.39, 0.29) is 35.8 Å². The van der Waals surface area contributed by atoms with Crippen LogP contribution in [0.5, 0.6) is 0 Å². The molecule has 1 aliphatic carbocycles. The Balaban J connectivity index is 1.52. The van der Waals surface area contributed by atoms with Crippen molar-refractivity contribution in [1.82, 2.24) is 19.0 Å². The van der Waals surface area contributed by atoms with E-state index in [2.05, 4.69) is 28.2 Å². The molecule has 1 saturated carbocycles. The maximum atomic E-state index is 16.0. The highest BCUT2D eigenvalue weighted by atomic mass is 19.3. The molecule has 2 fully saturated rings. The number of hydrogen-bond donors (Lipinski definition) is 1. The number of nitrogens with one attached hydrogen (secondary N) is 1. The van der Waals surface area contributed by atoms with Crippen molar-refractivity contribution < 1.29 is 13.2 Å². The third-order valence-electron chi connectivity index (χ3n) is 10.4. The minimum absolute atomic E-state index is 0.0304. The van der Waals surface area contributed by atoms with E-state index in [0.717, 1.165) is 19.3 Å². The van der Waals surface area contributed by atoms with Crippen LogP contribution in [-0.4, -0.2) is 38.1 Å². The van der Waals surface area contributed by atoms with Gasteiger partial charge in [0.05, 0.1) is 28.5 Å². The largest absolute Gasteiger partial charge is 0.363 e. The summed E-state index contributed by atoms with van der Waals surface area (Å²) in [6.07, 6.45) is 4.77. The highest BCUT2D eigenvalue weighted by molar-refractivity contribution is 5.88. The summed E-state index contributed by atoms with van der Waals surface area (Å²) in [5, 5.41) is 13.6. The fraction of sp³-hybridized carbons (Fsp3) is 0.576. The fourth-order valence-corrected chi connectivity index (χ4v) is 7.40. The van der Waals surface area contributed by atoms with Crippen molar-refractivity contribution in [1.29, 1.82) is 5.26 Å². The molecule has 11 heteroatoms. The van der Waals surface area contributed by atoms with Crippen molar-refractivity contribution in [2.75, 3.05) is 18.4 Å². The van der Waals surface area contributed by atoms with Crippen LogP contribution in [0.4, 0.5) is 19.0 Å². The predicted molar refractivity (Wildman–Crippen MR) is 162 cm³/mol. The summed E-state index contributed by atoms with van der Waals surface area (Å²) in [5.74, 6) is -5.16. The van der Waals surface area contributed by atoms with Crippen molar-refractivity contribution in [3.8, 4) is 6.07 Å². The third kappa shape index (κ3) is 4.91. The predicted octanol–water partition coefficient (Wildman–Crippen LogP) is 5.73. The number of piperidine rings is 1. The van der Waals surface area contributed by atoms with Gasteiger partial charge in [-0.2, -0.15) is 10.2 Å². The SMILES string of the molecule is CC1CCCCn2c(=O)nc(c3cc(C4(C#N)CCC4)c(=O)n(C)c32)N[C@H](C)c2cccc(c2F)C(F)(F)C2CCN1CC2. The molecule has 2 atom stereocenters. The number of alkyl halides is 2. The molecule has 1 unspecified atom stereocenters. The summed E-state index contributed by atoms with van der Waals surface area (Å²) in [6, 6.07) is 7.39. The van der Waals surface area contributed by atoms with Crippen LogP contribution in [0.2, 0.25) is 0 Å². The molecule has 6 aliphatic rings. The fourth-order valence-electron chi connectivity index (χ4n) is 7.40. The highest BCUT2D eigenvalue weighted by Gasteiger charge is 2.45. The molecule has 44 heavy (non-hydrogen) atoms. The van der Waals surface area contributed by atoms with Crippen LogP contribution in [0.25, 0.3) is 11.0 Å². The van der Waals surface area contributed by atoms with Crippen molar-refractivity contribution in [2.24, 2.45) is 13.0 Å². The molecular weight excluding hydrogens is 569 g/mol. The lowest BCUT2D eigenvalue weighted by atomic mass is 9.66. The number of anilines is 1. The van der Waals surface area contributed by atoms with Crippen LogP contribution >= 0.6 is 0 Å². The van der Waals surface area contributed by atoms with Crippen LogP contribution in [0.1, 0.15) is 87.9 Å². The number of halogens is 3. The second-order valence-electron chi connectivity index (χ2n) is 13.0. The maximum Gasteiger partial charge on any atom is 0.351 e. The van der Waals surface area contributed by atoms with E-state index in [0.29, 0.717) is 55.5 Å². The molecule has 9 rings (SSSR count).